The Kier molecular flexibility index (Phi) is 4.09. The van der Waals surface area contributed by atoms with Crippen LogP contribution >= 0.6 is 0 Å². The van der Waals surface area contributed by atoms with Gasteiger partial charge in [-0.1, -0.05) is 30.3 Å². The summed E-state index contributed by atoms with van der Waals surface area (Å²) in [6.45, 7) is 0.616. The minimum atomic E-state index is -0.0974. The van der Waals surface area contributed by atoms with E-state index in [0.29, 0.717) is 24.1 Å². The zero-order chi connectivity index (χ0) is 20.0. The van der Waals surface area contributed by atoms with Gasteiger partial charge in [-0.15, -0.1) is 0 Å². The fraction of sp³-hybridized carbons (Fsp3) is 0.167. The van der Waals surface area contributed by atoms with Gasteiger partial charge in [-0.3, -0.25) is 9.59 Å². The van der Waals surface area contributed by atoms with Gasteiger partial charge in [0.05, 0.1) is 11.8 Å². The first-order valence-electron chi connectivity index (χ1n) is 9.64. The molecule has 0 saturated heterocycles. The number of benzene rings is 2. The highest BCUT2D eigenvalue weighted by atomic mass is 16.3. The Labute approximate surface area is 168 Å². The SMILES string of the molecule is CN(C(=O)c1ccoc1)C1=Cc2cccc3c2C(C1)CN3C(=O)c1ccccc1. The third-order valence-electron chi connectivity index (χ3n) is 5.77. The van der Waals surface area contributed by atoms with Gasteiger partial charge in [-0.2, -0.15) is 0 Å². The van der Waals surface area contributed by atoms with Crippen LogP contribution in [0.15, 0.2) is 77.2 Å². The molecule has 0 radical (unpaired) electrons. The number of nitrogens with zero attached hydrogens (tertiary/aromatic N) is 2. The molecule has 1 unspecified atom stereocenters. The maximum absolute atomic E-state index is 13.1. The molecule has 5 heteroatoms. The van der Waals surface area contributed by atoms with Gasteiger partial charge < -0.3 is 14.2 Å². The van der Waals surface area contributed by atoms with Gasteiger partial charge in [-0.25, -0.2) is 0 Å². The van der Waals surface area contributed by atoms with Crippen LogP contribution in [0.1, 0.15) is 44.2 Å². The largest absolute Gasteiger partial charge is 0.472 e. The van der Waals surface area contributed by atoms with E-state index in [9.17, 15) is 9.59 Å². The Bertz CT molecular complexity index is 1120. The Hall–Kier alpha value is -3.60. The molecule has 144 valence electrons. The molecule has 0 spiro atoms. The normalized spacial score (nSPS) is 16.9. The van der Waals surface area contributed by atoms with Crippen molar-refractivity contribution in [1.29, 1.82) is 0 Å². The molecule has 2 amide bonds. The molecule has 0 saturated carbocycles. The number of carbonyl (C=O) groups excluding carboxylic acids is 2. The third-order valence-corrected chi connectivity index (χ3v) is 5.77. The lowest BCUT2D eigenvalue weighted by Gasteiger charge is -2.27. The first kappa shape index (κ1) is 17.5. The quantitative estimate of drug-likeness (QED) is 0.666. The number of hydrogen-bond acceptors (Lipinski definition) is 3. The van der Waals surface area contributed by atoms with Crippen molar-refractivity contribution in [2.24, 2.45) is 0 Å². The van der Waals surface area contributed by atoms with E-state index in [1.54, 1.807) is 18.0 Å². The summed E-state index contributed by atoms with van der Waals surface area (Å²) < 4.78 is 5.05. The predicted molar refractivity (Wildman–Crippen MR) is 111 cm³/mol. The van der Waals surface area contributed by atoms with Crippen LogP contribution in [0.3, 0.4) is 0 Å². The molecule has 1 aliphatic heterocycles. The summed E-state index contributed by atoms with van der Waals surface area (Å²) in [5.74, 6) is 0.0889. The summed E-state index contributed by atoms with van der Waals surface area (Å²) in [5.41, 5.74) is 5.40. The van der Waals surface area contributed by atoms with Gasteiger partial charge in [0.2, 0.25) is 0 Å². The van der Waals surface area contributed by atoms with E-state index in [2.05, 4.69) is 12.1 Å². The van der Waals surface area contributed by atoms with Crippen LogP contribution in [-0.2, 0) is 0 Å². The molecule has 0 fully saturated rings. The lowest BCUT2D eigenvalue weighted by molar-refractivity contribution is 0.0830. The Morgan fingerprint density at radius 1 is 1.03 bits per heavy atom. The first-order chi connectivity index (χ1) is 14.1. The summed E-state index contributed by atoms with van der Waals surface area (Å²) in [4.78, 5) is 29.4. The molecule has 5 rings (SSSR count). The fourth-order valence-electron chi connectivity index (χ4n) is 4.32. The molecule has 29 heavy (non-hydrogen) atoms. The van der Waals surface area contributed by atoms with Crippen molar-refractivity contribution in [2.45, 2.75) is 12.3 Å². The summed E-state index contributed by atoms with van der Waals surface area (Å²) in [6.07, 6.45) is 5.73. The predicted octanol–water partition coefficient (Wildman–Crippen LogP) is 4.54. The Morgan fingerprint density at radius 3 is 2.62 bits per heavy atom. The average molecular weight is 384 g/mol. The van der Waals surface area contributed by atoms with E-state index in [1.165, 1.54) is 18.1 Å². The Balaban J connectivity index is 1.47. The van der Waals surface area contributed by atoms with Crippen LogP contribution < -0.4 is 4.90 Å². The number of carbonyl (C=O) groups is 2. The molecular formula is C24H20N2O3. The molecule has 0 N–H and O–H groups in total. The van der Waals surface area contributed by atoms with E-state index in [4.69, 9.17) is 4.42 Å². The van der Waals surface area contributed by atoms with Gasteiger partial charge in [-0.05, 0) is 47.9 Å². The molecule has 1 atom stereocenters. The molecule has 2 heterocycles. The van der Waals surface area contributed by atoms with Gasteiger partial charge in [0.15, 0.2) is 0 Å². The highest BCUT2D eigenvalue weighted by Crippen LogP contribution is 2.46. The lowest BCUT2D eigenvalue weighted by atomic mass is 9.86. The smallest absolute Gasteiger partial charge is 0.261 e. The molecule has 2 aliphatic rings. The highest BCUT2D eigenvalue weighted by Gasteiger charge is 2.37. The van der Waals surface area contributed by atoms with Gasteiger partial charge in [0, 0.05) is 36.5 Å². The zero-order valence-electron chi connectivity index (χ0n) is 16.0. The van der Waals surface area contributed by atoms with Crippen LogP contribution in [-0.4, -0.2) is 30.3 Å². The second-order valence-corrected chi connectivity index (χ2v) is 7.47. The molecule has 0 bridgehead atoms. The second kappa shape index (κ2) is 6.78. The van der Waals surface area contributed by atoms with E-state index in [1.807, 2.05) is 47.4 Å². The number of anilines is 1. The van der Waals surface area contributed by atoms with Gasteiger partial charge >= 0.3 is 0 Å². The highest BCUT2D eigenvalue weighted by molar-refractivity contribution is 6.08. The molecular weight excluding hydrogens is 364 g/mol. The van der Waals surface area contributed by atoms with Crippen molar-refractivity contribution in [3.63, 3.8) is 0 Å². The van der Waals surface area contributed by atoms with E-state index < -0.39 is 0 Å². The van der Waals surface area contributed by atoms with Crippen molar-refractivity contribution < 1.29 is 14.0 Å². The summed E-state index contributed by atoms with van der Waals surface area (Å²) in [5, 5.41) is 0. The summed E-state index contributed by atoms with van der Waals surface area (Å²) >= 11 is 0. The van der Waals surface area contributed by atoms with Crippen LogP contribution in [0, 0.1) is 0 Å². The van der Waals surface area contributed by atoms with Crippen LogP contribution in [0.25, 0.3) is 6.08 Å². The van der Waals surface area contributed by atoms with Gasteiger partial charge in [0.1, 0.15) is 6.26 Å². The lowest BCUT2D eigenvalue weighted by Crippen LogP contribution is -2.31. The number of rotatable bonds is 3. The zero-order valence-corrected chi connectivity index (χ0v) is 16.0. The topological polar surface area (TPSA) is 53.8 Å². The van der Waals surface area contributed by atoms with Crippen LogP contribution in [0.2, 0.25) is 0 Å². The van der Waals surface area contributed by atoms with Gasteiger partial charge in [0.25, 0.3) is 11.8 Å². The molecule has 5 nitrogen and oxygen atoms in total. The van der Waals surface area contributed by atoms with E-state index in [-0.39, 0.29) is 17.7 Å². The van der Waals surface area contributed by atoms with Crippen molar-refractivity contribution in [1.82, 2.24) is 4.90 Å². The van der Waals surface area contributed by atoms with Crippen molar-refractivity contribution in [2.75, 3.05) is 18.5 Å². The van der Waals surface area contributed by atoms with Crippen molar-refractivity contribution >= 4 is 23.6 Å². The molecule has 2 aromatic carbocycles. The van der Waals surface area contributed by atoms with Crippen molar-refractivity contribution in [3.8, 4) is 0 Å². The molecule has 1 aromatic heterocycles. The summed E-state index contributed by atoms with van der Waals surface area (Å²) in [6, 6.07) is 17.1. The molecule has 1 aliphatic carbocycles. The third kappa shape index (κ3) is 2.86. The second-order valence-electron chi connectivity index (χ2n) is 7.47. The minimum Gasteiger partial charge on any atom is -0.472 e. The monoisotopic (exact) mass is 384 g/mol. The number of amides is 2. The van der Waals surface area contributed by atoms with Crippen molar-refractivity contribution in [3.05, 3.63) is 95.1 Å². The first-order valence-corrected chi connectivity index (χ1v) is 9.64. The van der Waals surface area contributed by atoms with E-state index >= 15 is 0 Å². The molecule has 3 aromatic rings. The standard InChI is InChI=1S/C24H20N2O3/c1-25(23(27)18-10-11-29-15-18)20-12-17-8-5-9-21-22(17)19(13-20)14-26(21)24(28)16-6-3-2-4-7-16/h2-12,15,19H,13-14H2,1H3. The minimum absolute atomic E-state index is 0.0118. The average Bonchev–Trinajstić information content (AvgIpc) is 3.42. The number of furan rings is 1. The summed E-state index contributed by atoms with van der Waals surface area (Å²) in [7, 11) is 1.79. The maximum Gasteiger partial charge on any atom is 0.261 e. The number of hydrogen-bond donors (Lipinski definition) is 0. The fourth-order valence-corrected chi connectivity index (χ4v) is 4.32. The maximum atomic E-state index is 13.1. The Morgan fingerprint density at radius 2 is 1.86 bits per heavy atom. The van der Waals surface area contributed by atoms with Crippen LogP contribution in [0.4, 0.5) is 5.69 Å². The number of allylic oxidation sites excluding steroid dienone is 1. The van der Waals surface area contributed by atoms with Crippen LogP contribution in [0.5, 0.6) is 0 Å². The van der Waals surface area contributed by atoms with E-state index in [0.717, 1.165) is 16.9 Å².